The smallest absolute Gasteiger partial charge is 0.429 e. The van der Waals surface area contributed by atoms with Crippen molar-refractivity contribution < 1.29 is 27.5 Å². The normalized spacial score (nSPS) is 19.3. The first-order valence-corrected chi connectivity index (χ1v) is 9.63. The fourth-order valence-corrected chi connectivity index (χ4v) is 4.40. The van der Waals surface area contributed by atoms with Crippen LogP contribution in [0.3, 0.4) is 0 Å². The van der Waals surface area contributed by atoms with Gasteiger partial charge in [0.15, 0.2) is 0 Å². The highest BCUT2D eigenvalue weighted by atomic mass is 79.9. The van der Waals surface area contributed by atoms with Crippen molar-refractivity contribution in [3.63, 3.8) is 0 Å². The van der Waals surface area contributed by atoms with Gasteiger partial charge in [-0.15, -0.1) is 0 Å². The van der Waals surface area contributed by atoms with E-state index in [9.17, 15) is 18.0 Å². The SMILES string of the molecule is COC(=O)c1ccc(C2=C(Br)C(c3cc(Cl)cc(Cl)c3)(C(F)(F)F)ON2)cc1C. The van der Waals surface area contributed by atoms with Gasteiger partial charge in [0.2, 0.25) is 5.60 Å². The Kier molecular flexibility index (Phi) is 5.93. The van der Waals surface area contributed by atoms with Crippen LogP contribution in [0.25, 0.3) is 5.70 Å². The molecule has 4 nitrogen and oxygen atoms in total. The number of carbonyl (C=O) groups excluding carboxylic acids is 1. The van der Waals surface area contributed by atoms with Gasteiger partial charge in [0.05, 0.1) is 22.9 Å². The number of hydroxylamine groups is 1. The number of methoxy groups -OCH3 is 1. The topological polar surface area (TPSA) is 47.6 Å². The molecule has 1 heterocycles. The van der Waals surface area contributed by atoms with Crippen LogP contribution in [-0.2, 0) is 15.2 Å². The summed E-state index contributed by atoms with van der Waals surface area (Å²) < 4.78 is 47.1. The van der Waals surface area contributed by atoms with Gasteiger partial charge in [-0.1, -0.05) is 29.3 Å². The maximum atomic E-state index is 14.2. The molecule has 1 aliphatic rings. The van der Waals surface area contributed by atoms with Gasteiger partial charge in [-0.25, -0.2) is 9.63 Å². The van der Waals surface area contributed by atoms with Crippen molar-refractivity contribution in [2.24, 2.45) is 0 Å². The summed E-state index contributed by atoms with van der Waals surface area (Å²) in [4.78, 5) is 16.9. The zero-order chi connectivity index (χ0) is 21.6. The summed E-state index contributed by atoms with van der Waals surface area (Å²) >= 11 is 14.9. The highest BCUT2D eigenvalue weighted by molar-refractivity contribution is 9.12. The molecule has 1 N–H and O–H groups in total. The van der Waals surface area contributed by atoms with E-state index >= 15 is 0 Å². The fraction of sp³-hybridized carbons (Fsp3) is 0.211. The number of aryl methyl sites for hydroxylation is 1. The molecular formula is C19H13BrCl2F3NO3. The number of benzene rings is 2. The molecule has 2 aromatic carbocycles. The molecule has 1 aliphatic heterocycles. The predicted molar refractivity (Wildman–Crippen MR) is 107 cm³/mol. The second kappa shape index (κ2) is 7.83. The molecule has 0 aromatic heterocycles. The van der Waals surface area contributed by atoms with Crippen molar-refractivity contribution in [3.05, 3.63) is 73.2 Å². The third-order valence-corrected chi connectivity index (χ3v) is 5.81. The number of hydrogen-bond donors (Lipinski definition) is 1. The zero-order valence-corrected chi connectivity index (χ0v) is 18.1. The van der Waals surface area contributed by atoms with Crippen LogP contribution in [0.1, 0.15) is 27.0 Å². The number of nitrogens with one attached hydrogen (secondary N) is 1. The van der Waals surface area contributed by atoms with Crippen LogP contribution in [0.2, 0.25) is 10.0 Å². The van der Waals surface area contributed by atoms with Gasteiger partial charge < -0.3 is 4.74 Å². The molecule has 0 amide bonds. The van der Waals surface area contributed by atoms with E-state index in [1.165, 1.54) is 25.3 Å². The Morgan fingerprint density at radius 2 is 1.79 bits per heavy atom. The minimum Gasteiger partial charge on any atom is -0.465 e. The van der Waals surface area contributed by atoms with Gasteiger partial charge in [0.25, 0.3) is 0 Å². The quantitative estimate of drug-likeness (QED) is 0.503. The van der Waals surface area contributed by atoms with Crippen molar-refractivity contribution in [1.29, 1.82) is 0 Å². The van der Waals surface area contributed by atoms with Crippen molar-refractivity contribution >= 4 is 50.8 Å². The molecule has 154 valence electrons. The summed E-state index contributed by atoms with van der Waals surface area (Å²) in [6, 6.07) is 8.11. The van der Waals surface area contributed by atoms with Crippen LogP contribution in [0, 0.1) is 6.92 Å². The van der Waals surface area contributed by atoms with E-state index in [0.29, 0.717) is 16.7 Å². The lowest BCUT2D eigenvalue weighted by Crippen LogP contribution is -2.44. The van der Waals surface area contributed by atoms with Gasteiger partial charge in [-0.3, -0.25) is 5.48 Å². The summed E-state index contributed by atoms with van der Waals surface area (Å²) in [6.45, 7) is 1.65. The summed E-state index contributed by atoms with van der Waals surface area (Å²) in [5.74, 6) is -0.545. The van der Waals surface area contributed by atoms with E-state index in [4.69, 9.17) is 28.0 Å². The number of halogens is 6. The molecule has 1 atom stereocenters. The lowest BCUT2D eigenvalue weighted by molar-refractivity contribution is -0.270. The lowest BCUT2D eigenvalue weighted by atomic mass is 9.91. The van der Waals surface area contributed by atoms with E-state index < -0.39 is 17.7 Å². The Bertz CT molecular complexity index is 1010. The standard InChI is InChI=1S/C19H13BrCl2F3NO3/c1-9-5-10(3-4-14(9)17(27)28-2)15-16(20)18(29-26-15,19(23,24)25)11-6-12(21)8-13(22)7-11/h3-8,26H,1-2H3. The summed E-state index contributed by atoms with van der Waals surface area (Å²) in [5, 5.41) is 0.0681. The molecule has 0 fully saturated rings. The Morgan fingerprint density at radius 3 is 2.31 bits per heavy atom. The highest BCUT2D eigenvalue weighted by Crippen LogP contribution is 2.54. The third kappa shape index (κ3) is 3.74. The minimum absolute atomic E-state index is 0.0340. The molecular weight excluding hydrogens is 498 g/mol. The number of alkyl halides is 3. The van der Waals surface area contributed by atoms with Gasteiger partial charge in [-0.2, -0.15) is 13.2 Å². The highest BCUT2D eigenvalue weighted by Gasteiger charge is 2.64. The van der Waals surface area contributed by atoms with Gasteiger partial charge in [0, 0.05) is 21.2 Å². The monoisotopic (exact) mass is 509 g/mol. The van der Waals surface area contributed by atoms with Crippen molar-refractivity contribution in [1.82, 2.24) is 5.48 Å². The zero-order valence-electron chi connectivity index (χ0n) is 15.0. The Hall–Kier alpha value is -1.74. The summed E-state index contributed by atoms with van der Waals surface area (Å²) in [5.41, 5.74) is 0.469. The van der Waals surface area contributed by atoms with Crippen LogP contribution in [0.15, 0.2) is 40.9 Å². The van der Waals surface area contributed by atoms with E-state index in [-0.39, 0.29) is 25.8 Å². The molecule has 3 rings (SSSR count). The van der Waals surface area contributed by atoms with E-state index in [1.54, 1.807) is 13.0 Å². The molecule has 1 unspecified atom stereocenters. The van der Waals surface area contributed by atoms with Gasteiger partial charge in [-0.05, 0) is 58.7 Å². The molecule has 2 aromatic rings. The molecule has 0 saturated carbocycles. The largest absolute Gasteiger partial charge is 0.465 e. The van der Waals surface area contributed by atoms with E-state index in [2.05, 4.69) is 26.1 Å². The average Bonchev–Trinajstić information content (AvgIpc) is 2.98. The van der Waals surface area contributed by atoms with Crippen LogP contribution in [-0.4, -0.2) is 19.3 Å². The summed E-state index contributed by atoms with van der Waals surface area (Å²) in [7, 11) is 1.25. The maximum Gasteiger partial charge on any atom is 0.429 e. The Balaban J connectivity index is 2.18. The second-order valence-electron chi connectivity index (χ2n) is 6.25. The van der Waals surface area contributed by atoms with Crippen molar-refractivity contribution in [3.8, 4) is 0 Å². The number of ether oxygens (including phenoxy) is 1. The predicted octanol–water partition coefficient (Wildman–Crippen LogP) is 6.14. The number of hydrogen-bond acceptors (Lipinski definition) is 4. The first-order chi connectivity index (χ1) is 13.5. The molecule has 0 aliphatic carbocycles. The third-order valence-electron chi connectivity index (χ3n) is 4.42. The number of carbonyl (C=O) groups is 1. The number of esters is 1. The van der Waals surface area contributed by atoms with Crippen LogP contribution >= 0.6 is 39.1 Å². The first kappa shape index (κ1) is 22.0. The molecule has 0 saturated heterocycles. The minimum atomic E-state index is -4.85. The van der Waals surface area contributed by atoms with Crippen molar-refractivity contribution in [2.45, 2.75) is 18.7 Å². The molecule has 29 heavy (non-hydrogen) atoms. The maximum absolute atomic E-state index is 14.2. The molecule has 0 spiro atoms. The first-order valence-electron chi connectivity index (χ1n) is 8.08. The van der Waals surface area contributed by atoms with Crippen LogP contribution in [0.5, 0.6) is 0 Å². The van der Waals surface area contributed by atoms with Crippen molar-refractivity contribution in [2.75, 3.05) is 7.11 Å². The van der Waals surface area contributed by atoms with Gasteiger partial charge in [0.1, 0.15) is 0 Å². The van der Waals surface area contributed by atoms with Crippen LogP contribution in [0.4, 0.5) is 13.2 Å². The van der Waals surface area contributed by atoms with Gasteiger partial charge >= 0.3 is 12.1 Å². The second-order valence-corrected chi connectivity index (χ2v) is 7.92. The molecule has 0 radical (unpaired) electrons. The van der Waals surface area contributed by atoms with E-state index in [0.717, 1.165) is 12.1 Å². The lowest BCUT2D eigenvalue weighted by Gasteiger charge is -2.30. The molecule has 10 heteroatoms. The molecule has 0 bridgehead atoms. The average molecular weight is 511 g/mol. The summed E-state index contributed by atoms with van der Waals surface area (Å²) in [6.07, 6.45) is -4.85. The fourth-order valence-electron chi connectivity index (χ4n) is 3.03. The Labute approximate surface area is 182 Å². The number of rotatable bonds is 3. The van der Waals surface area contributed by atoms with Crippen LogP contribution < -0.4 is 5.48 Å². The van der Waals surface area contributed by atoms with E-state index in [1.807, 2.05) is 0 Å². The Morgan fingerprint density at radius 1 is 1.17 bits per heavy atom.